The summed E-state index contributed by atoms with van der Waals surface area (Å²) in [6.45, 7) is 0. The first-order valence-electron chi connectivity index (χ1n) is 5.83. The Morgan fingerprint density at radius 2 is 1.85 bits per heavy atom. The van der Waals surface area contributed by atoms with Crippen LogP contribution in [-0.2, 0) is 0 Å². The molecule has 1 aromatic carbocycles. The lowest BCUT2D eigenvalue weighted by atomic mass is 10.2. The van der Waals surface area contributed by atoms with Crippen LogP contribution in [0.25, 0.3) is 23.7 Å². The molecule has 0 atom stereocenters. The van der Waals surface area contributed by atoms with Crippen LogP contribution in [0.1, 0.15) is 11.5 Å². The molecule has 0 saturated carbocycles. The predicted octanol–water partition coefficient (Wildman–Crippen LogP) is 4.76. The van der Waals surface area contributed by atoms with Gasteiger partial charge in [-0.25, -0.2) is 0 Å². The molecule has 0 aliphatic carbocycles. The molecule has 2 aromatic heterocycles. The molecule has 0 unspecified atom stereocenters. The summed E-state index contributed by atoms with van der Waals surface area (Å²) in [6.07, 6.45) is 3.72. The largest absolute Gasteiger partial charge is 0.415 e. The van der Waals surface area contributed by atoms with E-state index in [-0.39, 0.29) is 0 Å². The molecule has 6 heteroatoms. The molecule has 20 heavy (non-hydrogen) atoms. The number of nitrogens with one attached hydrogen (secondary N) is 1. The van der Waals surface area contributed by atoms with E-state index in [1.807, 2.05) is 42.5 Å². The molecule has 0 spiro atoms. The molecule has 0 saturated heterocycles. The van der Waals surface area contributed by atoms with Crippen LogP contribution in [0.15, 0.2) is 49.9 Å². The maximum Gasteiger partial charge on any atom is 0.264 e. The van der Waals surface area contributed by atoms with E-state index in [1.165, 1.54) is 0 Å². The second kappa shape index (κ2) is 5.76. The fourth-order valence-electron chi connectivity index (χ4n) is 1.66. The van der Waals surface area contributed by atoms with E-state index >= 15 is 0 Å². The molecular weight excluding hydrogens is 386 g/mol. The highest BCUT2D eigenvalue weighted by Crippen LogP contribution is 2.28. The number of H-pyrrole nitrogens is 1. The van der Waals surface area contributed by atoms with Crippen LogP contribution < -0.4 is 0 Å². The molecule has 100 valence electrons. The molecule has 0 bridgehead atoms. The minimum atomic E-state index is 0.448. The van der Waals surface area contributed by atoms with E-state index in [9.17, 15) is 0 Å². The number of hydrogen-bond donors (Lipinski definition) is 1. The molecule has 1 N–H and O–H groups in total. The second-order valence-corrected chi connectivity index (χ2v) is 5.68. The Bertz CT molecular complexity index is 727. The van der Waals surface area contributed by atoms with E-state index < -0.39 is 0 Å². The van der Waals surface area contributed by atoms with E-state index in [2.05, 4.69) is 47.0 Å². The van der Waals surface area contributed by atoms with E-state index in [1.54, 1.807) is 6.08 Å². The van der Waals surface area contributed by atoms with Crippen LogP contribution in [0, 0.1) is 0 Å². The van der Waals surface area contributed by atoms with Gasteiger partial charge in [-0.1, -0.05) is 30.3 Å². The number of nitrogens with zero attached hydrogens (tertiary/aromatic N) is 2. The zero-order valence-corrected chi connectivity index (χ0v) is 13.3. The van der Waals surface area contributed by atoms with Crippen LogP contribution in [0.2, 0.25) is 0 Å². The zero-order valence-electron chi connectivity index (χ0n) is 10.2. The zero-order chi connectivity index (χ0) is 13.9. The maximum atomic E-state index is 5.58. The summed E-state index contributed by atoms with van der Waals surface area (Å²) in [5.74, 6) is 0.912. The van der Waals surface area contributed by atoms with Gasteiger partial charge >= 0.3 is 0 Å². The van der Waals surface area contributed by atoms with Gasteiger partial charge in [-0.05, 0) is 49.6 Å². The summed E-state index contributed by atoms with van der Waals surface area (Å²) in [5, 5.41) is 8.00. The highest BCUT2D eigenvalue weighted by atomic mass is 79.9. The summed E-state index contributed by atoms with van der Waals surface area (Å²) in [7, 11) is 0. The lowest BCUT2D eigenvalue weighted by molar-refractivity contribution is 0.556. The third-order valence-electron chi connectivity index (χ3n) is 2.61. The van der Waals surface area contributed by atoms with Crippen molar-refractivity contribution in [2.75, 3.05) is 0 Å². The molecule has 2 heterocycles. The molecule has 3 aromatic rings. The third kappa shape index (κ3) is 2.91. The van der Waals surface area contributed by atoms with Gasteiger partial charge in [-0.15, -0.1) is 10.2 Å². The SMILES string of the molecule is Brc1cc(-c2nnc(/C=C/c3ccccc3)o2)[nH]c1Br. The standard InChI is InChI=1S/C14H9Br2N3O/c15-10-8-11(17-13(10)16)14-19-18-12(20-14)7-6-9-4-2-1-3-5-9/h1-8,17H/b7-6+. The fourth-order valence-corrected chi connectivity index (χ4v) is 2.32. The highest BCUT2D eigenvalue weighted by Gasteiger charge is 2.11. The maximum absolute atomic E-state index is 5.58. The van der Waals surface area contributed by atoms with Gasteiger partial charge in [0.2, 0.25) is 5.89 Å². The lowest BCUT2D eigenvalue weighted by Gasteiger charge is -1.89. The van der Waals surface area contributed by atoms with Gasteiger partial charge < -0.3 is 9.40 Å². The Kier molecular flexibility index (Phi) is 3.84. The minimum Gasteiger partial charge on any atom is -0.415 e. The van der Waals surface area contributed by atoms with Crippen LogP contribution in [0.4, 0.5) is 0 Å². The highest BCUT2D eigenvalue weighted by molar-refractivity contribution is 9.13. The van der Waals surface area contributed by atoms with Gasteiger partial charge in [0.15, 0.2) is 0 Å². The minimum absolute atomic E-state index is 0.448. The molecule has 0 aliphatic heterocycles. The summed E-state index contributed by atoms with van der Waals surface area (Å²) in [6, 6.07) is 11.8. The third-order valence-corrected chi connectivity index (χ3v) is 4.40. The number of hydrogen-bond acceptors (Lipinski definition) is 3. The fraction of sp³-hybridized carbons (Fsp3) is 0. The van der Waals surface area contributed by atoms with E-state index in [4.69, 9.17) is 4.42 Å². The Labute approximate surface area is 132 Å². The summed E-state index contributed by atoms with van der Waals surface area (Å²) < 4.78 is 7.33. The van der Waals surface area contributed by atoms with Crippen molar-refractivity contribution in [3.63, 3.8) is 0 Å². The quantitative estimate of drug-likeness (QED) is 0.696. The van der Waals surface area contributed by atoms with Gasteiger partial charge in [0.25, 0.3) is 5.89 Å². The Hall–Kier alpha value is -1.66. The smallest absolute Gasteiger partial charge is 0.264 e. The summed E-state index contributed by atoms with van der Waals surface area (Å²) >= 11 is 6.77. The average molecular weight is 395 g/mol. The first-order chi connectivity index (χ1) is 9.72. The number of halogens is 2. The average Bonchev–Trinajstić information content (AvgIpc) is 3.06. The van der Waals surface area contributed by atoms with Crippen molar-refractivity contribution < 1.29 is 4.42 Å². The van der Waals surface area contributed by atoms with Crippen molar-refractivity contribution in [1.29, 1.82) is 0 Å². The Morgan fingerprint density at radius 3 is 2.55 bits per heavy atom. The molecule has 0 fully saturated rings. The molecule has 4 nitrogen and oxygen atoms in total. The van der Waals surface area contributed by atoms with Crippen molar-refractivity contribution in [2.24, 2.45) is 0 Å². The van der Waals surface area contributed by atoms with Crippen molar-refractivity contribution in [1.82, 2.24) is 15.2 Å². The molecule has 0 radical (unpaired) electrons. The van der Waals surface area contributed by atoms with Crippen LogP contribution in [-0.4, -0.2) is 15.2 Å². The Morgan fingerprint density at radius 1 is 1.05 bits per heavy atom. The normalized spacial score (nSPS) is 11.3. The predicted molar refractivity (Wildman–Crippen MR) is 84.9 cm³/mol. The first kappa shape index (κ1) is 13.3. The monoisotopic (exact) mass is 393 g/mol. The number of aromatic nitrogens is 3. The van der Waals surface area contributed by atoms with Gasteiger partial charge in [0.05, 0.1) is 9.08 Å². The second-order valence-electron chi connectivity index (χ2n) is 4.03. The van der Waals surface area contributed by atoms with Crippen LogP contribution >= 0.6 is 31.9 Å². The van der Waals surface area contributed by atoms with Gasteiger partial charge in [0.1, 0.15) is 5.69 Å². The first-order valence-corrected chi connectivity index (χ1v) is 7.42. The van der Waals surface area contributed by atoms with E-state index in [0.717, 1.165) is 20.3 Å². The topological polar surface area (TPSA) is 54.7 Å². The number of aromatic amines is 1. The van der Waals surface area contributed by atoms with Gasteiger partial charge in [-0.2, -0.15) is 0 Å². The molecule has 0 aliphatic rings. The molecular formula is C14H9Br2N3O. The van der Waals surface area contributed by atoms with Crippen molar-refractivity contribution in [3.05, 3.63) is 56.9 Å². The van der Waals surface area contributed by atoms with E-state index in [0.29, 0.717) is 11.8 Å². The number of benzene rings is 1. The lowest BCUT2D eigenvalue weighted by Crippen LogP contribution is -1.76. The van der Waals surface area contributed by atoms with Crippen LogP contribution in [0.5, 0.6) is 0 Å². The van der Waals surface area contributed by atoms with Crippen molar-refractivity contribution in [2.45, 2.75) is 0 Å². The van der Waals surface area contributed by atoms with Crippen LogP contribution in [0.3, 0.4) is 0 Å². The summed E-state index contributed by atoms with van der Waals surface area (Å²) in [5.41, 5.74) is 1.84. The molecule has 0 amide bonds. The summed E-state index contributed by atoms with van der Waals surface area (Å²) in [4.78, 5) is 3.10. The Balaban J connectivity index is 1.82. The molecule has 3 rings (SSSR count). The van der Waals surface area contributed by atoms with Crippen molar-refractivity contribution in [3.8, 4) is 11.6 Å². The van der Waals surface area contributed by atoms with Crippen molar-refractivity contribution >= 4 is 44.0 Å². The van der Waals surface area contributed by atoms with Gasteiger partial charge in [-0.3, -0.25) is 0 Å². The number of rotatable bonds is 3. The van der Waals surface area contributed by atoms with Gasteiger partial charge in [0, 0.05) is 6.08 Å².